The molecule has 6 heavy (non-hydrogen) atoms. The summed E-state index contributed by atoms with van der Waals surface area (Å²) in [5, 5.41) is 0. The van der Waals surface area contributed by atoms with Gasteiger partial charge < -0.3 is 11.0 Å². The molecule has 0 fully saturated rings. The van der Waals surface area contributed by atoms with Crippen molar-refractivity contribution in [1.82, 2.24) is 0 Å². The zero-order chi connectivity index (χ0) is 3.58. The van der Waals surface area contributed by atoms with E-state index in [0.717, 1.165) is 0 Å². The molecule has 0 aliphatic rings. The van der Waals surface area contributed by atoms with Crippen LogP contribution in [0.25, 0.3) is 0 Å². The van der Waals surface area contributed by atoms with E-state index in [1.807, 2.05) is 0 Å². The summed E-state index contributed by atoms with van der Waals surface area (Å²) in [6.07, 6.45) is 0. The van der Waals surface area contributed by atoms with Crippen LogP contribution in [0.2, 0.25) is 0 Å². The molecule has 2 nitrogen and oxygen atoms in total. The minimum absolute atomic E-state index is 0. The van der Waals surface area contributed by atoms with Crippen molar-refractivity contribution in [1.29, 1.82) is 0 Å². The van der Waals surface area contributed by atoms with Crippen LogP contribution >= 0.6 is 30.3 Å². The zero-order valence-corrected chi connectivity index (χ0v) is 5.64. The van der Waals surface area contributed by atoms with E-state index >= 15 is 0 Å². The van der Waals surface area contributed by atoms with E-state index in [9.17, 15) is 0 Å². The van der Waals surface area contributed by atoms with Gasteiger partial charge in [0.15, 0.2) is 0 Å². The molecule has 0 aromatic carbocycles. The molecule has 4 N–H and O–H groups in total. The quantitative estimate of drug-likeness (QED) is 0.515. The summed E-state index contributed by atoms with van der Waals surface area (Å²) < 4.78 is 0. The molecule has 0 spiro atoms. The van der Waals surface area contributed by atoms with Crippen molar-refractivity contribution in [3.8, 4) is 0 Å². The molecule has 0 amide bonds. The molecule has 0 heterocycles. The SMILES string of the molecule is O.O.[Cl][Cu]([Cl])[Cl]. The number of halogens is 3. The first-order chi connectivity index (χ1) is 1.73. The van der Waals surface area contributed by atoms with Crippen LogP contribution in [0.3, 0.4) is 0 Å². The fourth-order valence-electron chi connectivity index (χ4n) is 0. The van der Waals surface area contributed by atoms with Gasteiger partial charge in [-0.05, 0) is 0 Å². The maximum absolute atomic E-state index is 4.83. The van der Waals surface area contributed by atoms with Gasteiger partial charge in [0.1, 0.15) is 0 Å². The van der Waals surface area contributed by atoms with Gasteiger partial charge in [0, 0.05) is 0 Å². The predicted octanol–water partition coefficient (Wildman–Crippen LogP) is 0.417. The summed E-state index contributed by atoms with van der Waals surface area (Å²) in [6.45, 7) is 0. The van der Waals surface area contributed by atoms with Crippen molar-refractivity contribution in [2.75, 3.05) is 0 Å². The van der Waals surface area contributed by atoms with Gasteiger partial charge in [-0.2, -0.15) is 0 Å². The van der Waals surface area contributed by atoms with Crippen molar-refractivity contribution >= 4 is 30.3 Å². The average Bonchev–Trinajstić information content (AvgIpc) is 0.811. The first-order valence-electron chi connectivity index (χ1n) is 0.342. The summed E-state index contributed by atoms with van der Waals surface area (Å²) in [7, 11) is 14.5. The number of rotatable bonds is 0. The van der Waals surface area contributed by atoms with E-state index in [4.69, 9.17) is 30.3 Å². The van der Waals surface area contributed by atoms with Gasteiger partial charge in [0.25, 0.3) is 0 Å². The summed E-state index contributed by atoms with van der Waals surface area (Å²) >= 11 is -0.896. The fraction of sp³-hybridized carbons (Fsp3) is 0. The Balaban J connectivity index is -0.0000000450. The number of hydrogen-bond acceptors (Lipinski definition) is 0. The zero-order valence-electron chi connectivity index (χ0n) is 2.44. The predicted molar refractivity (Wildman–Crippen MR) is 24.8 cm³/mol. The first kappa shape index (κ1) is 15.7. The molecular formula is H4Cl3CuO2. The molecule has 0 aromatic heterocycles. The third-order valence-corrected chi connectivity index (χ3v) is 0. The van der Waals surface area contributed by atoms with Crippen LogP contribution in [0.4, 0.5) is 0 Å². The second kappa shape index (κ2) is 9.58. The maximum atomic E-state index is 4.83. The van der Waals surface area contributed by atoms with Crippen molar-refractivity contribution < 1.29 is 22.1 Å². The third kappa shape index (κ3) is 57.5. The summed E-state index contributed by atoms with van der Waals surface area (Å²) in [5.74, 6) is 0. The molecule has 48 valence electrons. The van der Waals surface area contributed by atoms with Gasteiger partial charge in [0.2, 0.25) is 0 Å². The van der Waals surface area contributed by atoms with E-state index in [0.29, 0.717) is 0 Å². The van der Waals surface area contributed by atoms with Crippen LogP contribution in [0, 0.1) is 0 Å². The van der Waals surface area contributed by atoms with Crippen molar-refractivity contribution in [3.05, 3.63) is 0 Å². The molecule has 0 bridgehead atoms. The normalized spacial score (nSPS) is 7.50. The topological polar surface area (TPSA) is 63.0 Å². The number of hydrogen-bond donors (Lipinski definition) is 0. The molecule has 0 aliphatic heterocycles. The summed E-state index contributed by atoms with van der Waals surface area (Å²) in [6, 6.07) is 0. The fourth-order valence-corrected chi connectivity index (χ4v) is 0. The van der Waals surface area contributed by atoms with E-state index in [1.165, 1.54) is 0 Å². The van der Waals surface area contributed by atoms with E-state index in [1.54, 1.807) is 0 Å². The van der Waals surface area contributed by atoms with Gasteiger partial charge >= 0.3 is 41.5 Å². The Bertz CT molecular complexity index is 13.5. The first-order valence-corrected chi connectivity index (χ1v) is 4.23. The molecule has 0 rings (SSSR count). The van der Waals surface area contributed by atoms with Crippen LogP contribution < -0.4 is 0 Å². The van der Waals surface area contributed by atoms with Crippen LogP contribution in [-0.4, -0.2) is 11.0 Å². The molecular weight excluding hydrogens is 202 g/mol. The van der Waals surface area contributed by atoms with E-state index in [2.05, 4.69) is 0 Å². The molecule has 0 aromatic rings. The second-order valence-electron chi connectivity index (χ2n) is 0.129. The van der Waals surface area contributed by atoms with Crippen LogP contribution in [0.5, 0.6) is 0 Å². The van der Waals surface area contributed by atoms with Gasteiger partial charge in [0.05, 0.1) is 0 Å². The molecule has 0 atom stereocenters. The molecule has 0 aliphatic carbocycles. The van der Waals surface area contributed by atoms with Crippen LogP contribution in [0.15, 0.2) is 0 Å². The van der Waals surface area contributed by atoms with Gasteiger partial charge in [-0.3, -0.25) is 0 Å². The van der Waals surface area contributed by atoms with E-state index in [-0.39, 0.29) is 11.0 Å². The monoisotopic (exact) mass is 204 g/mol. The molecule has 0 unspecified atom stereocenters. The average molecular weight is 206 g/mol. The Hall–Kier alpha value is 1.31. The second-order valence-corrected chi connectivity index (χ2v) is 4.80. The molecule has 0 saturated heterocycles. The van der Waals surface area contributed by atoms with Gasteiger partial charge in [-0.1, -0.05) is 0 Å². The van der Waals surface area contributed by atoms with Crippen molar-refractivity contribution in [2.45, 2.75) is 0 Å². The molecule has 0 saturated carbocycles. The molecule has 0 radical (unpaired) electrons. The van der Waals surface area contributed by atoms with Crippen LogP contribution in [0.1, 0.15) is 0 Å². The Morgan fingerprint density at radius 3 is 0.833 bits per heavy atom. The third-order valence-electron chi connectivity index (χ3n) is 0. The standard InChI is InChI=1S/3ClH.Cu.2H2O/h3*1H;;2*1H2/q;;;+3;;/p-3. The van der Waals surface area contributed by atoms with Crippen LogP contribution in [-0.2, 0) is 11.2 Å². The summed E-state index contributed by atoms with van der Waals surface area (Å²) in [4.78, 5) is 0. The minimum atomic E-state index is -0.896. The Morgan fingerprint density at radius 2 is 0.833 bits per heavy atom. The van der Waals surface area contributed by atoms with Gasteiger partial charge in [-0.15, -0.1) is 0 Å². The molecule has 6 heteroatoms. The van der Waals surface area contributed by atoms with Gasteiger partial charge in [-0.25, -0.2) is 0 Å². The Labute approximate surface area is 52.6 Å². The van der Waals surface area contributed by atoms with Crippen molar-refractivity contribution in [3.63, 3.8) is 0 Å². The van der Waals surface area contributed by atoms with Crippen molar-refractivity contribution in [2.24, 2.45) is 0 Å². The Morgan fingerprint density at radius 1 is 0.833 bits per heavy atom. The summed E-state index contributed by atoms with van der Waals surface area (Å²) in [5.41, 5.74) is 0. The van der Waals surface area contributed by atoms with E-state index < -0.39 is 11.2 Å². The Kier molecular flexibility index (Phi) is 25.0.